The zero-order valence-electron chi connectivity index (χ0n) is 14.5. The Balaban J connectivity index is 1.60. The fourth-order valence-electron chi connectivity index (χ4n) is 7.24. The number of ether oxygens (including phenoxy) is 1. The summed E-state index contributed by atoms with van der Waals surface area (Å²) in [7, 11) is 0. The summed E-state index contributed by atoms with van der Waals surface area (Å²) in [6.07, 6.45) is 9.03. The van der Waals surface area contributed by atoms with Crippen molar-refractivity contribution in [1.29, 1.82) is 0 Å². The van der Waals surface area contributed by atoms with E-state index in [0.29, 0.717) is 24.0 Å². The standard InChI is InChI=1S/C20H28O3/c1-17-8-6-13(21)10-12(17)4-5-15-14-7-9-19(3,22)18(14,2)11-16-20(15,17)23-16/h10,14-16,22H,4-9,11H2,1-3H3/t14-,15-,16+,17-,18-,19+,20-/m0/s1. The van der Waals surface area contributed by atoms with E-state index in [-0.39, 0.29) is 22.5 Å². The molecule has 0 aromatic heterocycles. The third-order valence-corrected chi connectivity index (χ3v) is 8.90. The third kappa shape index (κ3) is 1.44. The SMILES string of the molecule is C[C@]12CCC(=O)C=C1CC[C@H]1[C@@H]3CC[C@@](C)(O)[C@@]3(C)C[C@H]3O[C@]312. The van der Waals surface area contributed by atoms with Crippen molar-refractivity contribution in [3.63, 3.8) is 0 Å². The van der Waals surface area contributed by atoms with Gasteiger partial charge in [-0.2, -0.15) is 0 Å². The Morgan fingerprint density at radius 2 is 1.91 bits per heavy atom. The molecular weight excluding hydrogens is 288 g/mol. The number of ketones is 1. The first-order valence-electron chi connectivity index (χ1n) is 9.39. The molecule has 3 saturated carbocycles. The van der Waals surface area contributed by atoms with Crippen LogP contribution in [-0.2, 0) is 9.53 Å². The smallest absolute Gasteiger partial charge is 0.155 e. The van der Waals surface area contributed by atoms with Crippen molar-refractivity contribution < 1.29 is 14.6 Å². The van der Waals surface area contributed by atoms with Gasteiger partial charge in [0.05, 0.1) is 11.7 Å². The number of epoxide rings is 1. The average molecular weight is 316 g/mol. The van der Waals surface area contributed by atoms with Crippen LogP contribution in [0.4, 0.5) is 0 Å². The van der Waals surface area contributed by atoms with Gasteiger partial charge in [-0.1, -0.05) is 19.4 Å². The van der Waals surface area contributed by atoms with Crippen LogP contribution >= 0.6 is 0 Å². The van der Waals surface area contributed by atoms with Gasteiger partial charge in [0.25, 0.3) is 0 Å². The molecule has 4 aliphatic carbocycles. The molecule has 0 radical (unpaired) electrons. The van der Waals surface area contributed by atoms with Crippen molar-refractivity contribution in [2.24, 2.45) is 22.7 Å². The lowest BCUT2D eigenvalue weighted by Crippen LogP contribution is -2.59. The third-order valence-electron chi connectivity index (χ3n) is 8.90. The topological polar surface area (TPSA) is 49.8 Å². The first kappa shape index (κ1) is 14.7. The Kier molecular flexibility index (Phi) is 2.51. The second-order valence-corrected chi connectivity index (χ2v) is 9.55. The van der Waals surface area contributed by atoms with E-state index >= 15 is 0 Å². The molecule has 3 nitrogen and oxygen atoms in total. The average Bonchev–Trinajstić information content (AvgIpc) is 3.14. The van der Waals surface area contributed by atoms with E-state index in [4.69, 9.17) is 4.74 Å². The molecule has 1 spiro atoms. The molecule has 1 N–H and O–H groups in total. The summed E-state index contributed by atoms with van der Waals surface area (Å²) >= 11 is 0. The van der Waals surface area contributed by atoms with Crippen LogP contribution in [0.3, 0.4) is 0 Å². The Hall–Kier alpha value is -0.670. The molecular formula is C20H28O3. The largest absolute Gasteiger partial charge is 0.390 e. The Labute approximate surface area is 138 Å². The first-order chi connectivity index (χ1) is 10.7. The summed E-state index contributed by atoms with van der Waals surface area (Å²) < 4.78 is 6.51. The van der Waals surface area contributed by atoms with Gasteiger partial charge < -0.3 is 9.84 Å². The maximum absolute atomic E-state index is 11.9. The Bertz CT molecular complexity index is 635. The van der Waals surface area contributed by atoms with Gasteiger partial charge in [0, 0.05) is 17.3 Å². The lowest BCUT2D eigenvalue weighted by Gasteiger charge is -2.56. The molecule has 4 fully saturated rings. The van der Waals surface area contributed by atoms with Crippen molar-refractivity contribution in [1.82, 2.24) is 0 Å². The van der Waals surface area contributed by atoms with Crippen LogP contribution in [0.1, 0.15) is 65.7 Å². The van der Waals surface area contributed by atoms with Crippen molar-refractivity contribution in [2.75, 3.05) is 0 Å². The van der Waals surface area contributed by atoms with Crippen LogP contribution in [0.5, 0.6) is 0 Å². The Morgan fingerprint density at radius 3 is 2.70 bits per heavy atom. The molecule has 0 aromatic rings. The molecule has 7 atom stereocenters. The molecule has 3 heteroatoms. The predicted octanol–water partition coefficient (Wildman–Crippen LogP) is 3.40. The number of aliphatic hydroxyl groups is 1. The minimum absolute atomic E-state index is 0.00953. The highest BCUT2D eigenvalue weighted by Crippen LogP contribution is 2.76. The summed E-state index contributed by atoms with van der Waals surface area (Å²) in [5.41, 5.74) is 0.785. The van der Waals surface area contributed by atoms with Crippen molar-refractivity contribution >= 4 is 5.78 Å². The molecule has 1 aliphatic heterocycles. The van der Waals surface area contributed by atoms with E-state index in [0.717, 1.165) is 38.5 Å². The summed E-state index contributed by atoms with van der Waals surface area (Å²) in [4.78, 5) is 11.9. The van der Waals surface area contributed by atoms with Crippen LogP contribution in [0.2, 0.25) is 0 Å². The highest BCUT2D eigenvalue weighted by atomic mass is 16.6. The lowest BCUT2D eigenvalue weighted by atomic mass is 9.46. The fourth-order valence-corrected chi connectivity index (χ4v) is 7.24. The first-order valence-corrected chi connectivity index (χ1v) is 9.39. The molecule has 0 bridgehead atoms. The molecule has 126 valence electrons. The van der Waals surface area contributed by atoms with Crippen LogP contribution in [0.15, 0.2) is 11.6 Å². The maximum Gasteiger partial charge on any atom is 0.155 e. The number of carbonyl (C=O) groups excluding carboxylic acids is 1. The lowest BCUT2D eigenvalue weighted by molar-refractivity contribution is -0.118. The minimum Gasteiger partial charge on any atom is -0.390 e. The predicted molar refractivity (Wildman–Crippen MR) is 86.8 cm³/mol. The summed E-state index contributed by atoms with van der Waals surface area (Å²) in [5.74, 6) is 1.41. The highest BCUT2D eigenvalue weighted by Gasteiger charge is 2.80. The van der Waals surface area contributed by atoms with E-state index in [1.807, 2.05) is 13.0 Å². The van der Waals surface area contributed by atoms with Gasteiger partial charge in [0.15, 0.2) is 5.78 Å². The minimum atomic E-state index is -0.560. The van der Waals surface area contributed by atoms with Gasteiger partial charge in [0.1, 0.15) is 5.60 Å². The normalized spacial score (nSPS) is 60.3. The fraction of sp³-hybridized carbons (Fsp3) is 0.850. The van der Waals surface area contributed by atoms with E-state index in [1.54, 1.807) is 0 Å². The van der Waals surface area contributed by atoms with Gasteiger partial charge in [-0.3, -0.25) is 4.79 Å². The number of fused-ring (bicyclic) bond motifs is 3. The summed E-state index contributed by atoms with van der Waals surface area (Å²) in [6, 6.07) is 0. The molecule has 5 aliphatic rings. The van der Waals surface area contributed by atoms with Crippen LogP contribution in [0.25, 0.3) is 0 Å². The molecule has 23 heavy (non-hydrogen) atoms. The monoisotopic (exact) mass is 316 g/mol. The van der Waals surface area contributed by atoms with Crippen LogP contribution in [-0.4, -0.2) is 28.2 Å². The quantitative estimate of drug-likeness (QED) is 0.697. The van der Waals surface area contributed by atoms with Gasteiger partial charge in [-0.15, -0.1) is 0 Å². The molecule has 5 rings (SSSR count). The zero-order valence-corrected chi connectivity index (χ0v) is 14.5. The van der Waals surface area contributed by atoms with Gasteiger partial charge in [-0.05, 0) is 63.4 Å². The molecule has 0 unspecified atom stereocenters. The number of hydrogen-bond donors (Lipinski definition) is 1. The summed E-state index contributed by atoms with van der Waals surface area (Å²) in [5, 5.41) is 11.0. The number of rotatable bonds is 0. The highest BCUT2D eigenvalue weighted by molar-refractivity contribution is 5.91. The molecule has 0 aromatic carbocycles. The summed E-state index contributed by atoms with van der Waals surface area (Å²) in [6.45, 7) is 6.69. The second-order valence-electron chi connectivity index (χ2n) is 9.55. The van der Waals surface area contributed by atoms with Gasteiger partial charge >= 0.3 is 0 Å². The van der Waals surface area contributed by atoms with Crippen LogP contribution in [0, 0.1) is 22.7 Å². The van der Waals surface area contributed by atoms with E-state index in [2.05, 4.69) is 13.8 Å². The number of hydrogen-bond acceptors (Lipinski definition) is 3. The van der Waals surface area contributed by atoms with E-state index < -0.39 is 5.60 Å². The maximum atomic E-state index is 11.9. The number of carbonyl (C=O) groups is 1. The van der Waals surface area contributed by atoms with Gasteiger partial charge in [-0.25, -0.2) is 0 Å². The van der Waals surface area contributed by atoms with E-state index in [9.17, 15) is 9.90 Å². The Morgan fingerprint density at radius 1 is 1.13 bits per heavy atom. The zero-order chi connectivity index (χ0) is 16.3. The van der Waals surface area contributed by atoms with E-state index in [1.165, 1.54) is 5.57 Å². The second kappa shape index (κ2) is 3.94. The van der Waals surface area contributed by atoms with Crippen LogP contribution < -0.4 is 0 Å². The van der Waals surface area contributed by atoms with Crippen molar-refractivity contribution in [3.8, 4) is 0 Å². The molecule has 1 heterocycles. The molecule has 0 amide bonds. The van der Waals surface area contributed by atoms with Crippen molar-refractivity contribution in [2.45, 2.75) is 83.0 Å². The van der Waals surface area contributed by atoms with Crippen molar-refractivity contribution in [3.05, 3.63) is 11.6 Å². The van der Waals surface area contributed by atoms with Gasteiger partial charge in [0.2, 0.25) is 0 Å². The molecule has 1 saturated heterocycles.